The van der Waals surface area contributed by atoms with Gasteiger partial charge in [0.15, 0.2) is 15.0 Å². The average molecular weight is 489 g/mol. The molecule has 0 aliphatic heterocycles. The first-order valence-corrected chi connectivity index (χ1v) is 12.7. The lowest BCUT2D eigenvalue weighted by Crippen LogP contribution is -2.30. The predicted molar refractivity (Wildman–Crippen MR) is 127 cm³/mol. The van der Waals surface area contributed by atoms with Gasteiger partial charge < -0.3 is 4.42 Å². The van der Waals surface area contributed by atoms with E-state index in [1.54, 1.807) is 32.2 Å². The number of hydrogen-bond donors (Lipinski definition) is 0. The highest BCUT2D eigenvalue weighted by molar-refractivity contribution is 7.92. The van der Waals surface area contributed by atoms with Gasteiger partial charge >= 0.3 is 0 Å². The third kappa shape index (κ3) is 4.30. The molecule has 1 amide bonds. The fraction of sp³-hybridized carbons (Fsp3) is 0.217. The van der Waals surface area contributed by atoms with Crippen molar-refractivity contribution in [2.24, 2.45) is 0 Å². The summed E-state index contributed by atoms with van der Waals surface area (Å²) in [6.07, 6.45) is 1.55. The molecule has 166 valence electrons. The number of furan rings is 1. The number of carbonyl (C=O) groups excluding carboxylic acids is 1. The van der Waals surface area contributed by atoms with E-state index in [0.717, 1.165) is 15.8 Å². The summed E-state index contributed by atoms with van der Waals surface area (Å²) < 4.78 is 31.2. The second-order valence-electron chi connectivity index (χ2n) is 7.65. The minimum atomic E-state index is -3.42. The highest BCUT2D eigenvalue weighted by Gasteiger charge is 2.25. The van der Waals surface area contributed by atoms with Crippen molar-refractivity contribution < 1.29 is 17.6 Å². The van der Waals surface area contributed by atoms with Gasteiger partial charge in [-0.2, -0.15) is 0 Å². The monoisotopic (exact) mass is 488 g/mol. The molecule has 2 aromatic carbocycles. The van der Waals surface area contributed by atoms with Crippen LogP contribution in [0.15, 0.2) is 64.1 Å². The summed E-state index contributed by atoms with van der Waals surface area (Å²) in [5, 5.41) is 0.569. The normalized spacial score (nSPS) is 11.9. The van der Waals surface area contributed by atoms with Crippen molar-refractivity contribution in [3.8, 4) is 0 Å². The Morgan fingerprint density at radius 2 is 1.91 bits per heavy atom. The quantitative estimate of drug-likeness (QED) is 0.338. The lowest BCUT2D eigenvalue weighted by Gasteiger charge is -2.19. The van der Waals surface area contributed by atoms with Gasteiger partial charge in [-0.15, -0.1) is 0 Å². The third-order valence-electron chi connectivity index (χ3n) is 5.06. The van der Waals surface area contributed by atoms with E-state index >= 15 is 0 Å². The van der Waals surface area contributed by atoms with Crippen LogP contribution >= 0.6 is 22.9 Å². The molecular weight excluding hydrogens is 468 g/mol. The van der Waals surface area contributed by atoms with E-state index < -0.39 is 15.1 Å². The zero-order valence-corrected chi connectivity index (χ0v) is 20.1. The van der Waals surface area contributed by atoms with Crippen LogP contribution in [0.25, 0.3) is 10.2 Å². The van der Waals surface area contributed by atoms with Crippen molar-refractivity contribution in [2.75, 3.05) is 4.90 Å². The minimum Gasteiger partial charge on any atom is -0.467 e. The van der Waals surface area contributed by atoms with Crippen LogP contribution in [0.1, 0.15) is 35.5 Å². The number of fused-ring (bicyclic) bond motifs is 1. The van der Waals surface area contributed by atoms with E-state index in [1.807, 2.05) is 19.1 Å². The molecule has 0 fully saturated rings. The number of hydrogen-bond acceptors (Lipinski definition) is 6. The third-order valence-corrected chi connectivity index (χ3v) is 8.47. The Hall–Kier alpha value is -2.68. The lowest BCUT2D eigenvalue weighted by molar-refractivity contribution is 0.0983. The first kappa shape index (κ1) is 22.5. The van der Waals surface area contributed by atoms with Gasteiger partial charge in [-0.1, -0.05) is 22.9 Å². The molecule has 32 heavy (non-hydrogen) atoms. The van der Waals surface area contributed by atoms with Gasteiger partial charge in [0.25, 0.3) is 5.91 Å². The summed E-state index contributed by atoms with van der Waals surface area (Å²) in [7, 11) is -3.42. The second-order valence-corrected chi connectivity index (χ2v) is 11.6. The number of anilines is 1. The molecule has 6 nitrogen and oxygen atoms in total. The van der Waals surface area contributed by atoms with Crippen molar-refractivity contribution in [3.05, 3.63) is 76.7 Å². The Balaban J connectivity index is 1.74. The Labute approximate surface area is 195 Å². The number of sulfone groups is 1. The SMILES string of the molecule is Cc1cc(Cl)cc2sc(N(Cc3ccco3)C(=O)c3ccc(S(=O)(=O)C(C)C)cc3)nc12. The van der Waals surface area contributed by atoms with E-state index in [-0.39, 0.29) is 17.3 Å². The molecule has 4 aromatic rings. The van der Waals surface area contributed by atoms with Gasteiger partial charge in [0.05, 0.1) is 33.2 Å². The molecule has 2 aromatic heterocycles. The van der Waals surface area contributed by atoms with Crippen LogP contribution in [0, 0.1) is 6.92 Å². The number of carbonyl (C=O) groups is 1. The number of nitrogens with zero attached hydrogens (tertiary/aromatic N) is 2. The fourth-order valence-electron chi connectivity index (χ4n) is 3.26. The largest absolute Gasteiger partial charge is 0.467 e. The number of thiazole rings is 1. The number of halogens is 1. The number of rotatable bonds is 6. The summed E-state index contributed by atoms with van der Waals surface area (Å²) in [6.45, 7) is 5.36. The summed E-state index contributed by atoms with van der Waals surface area (Å²) in [5.74, 6) is 0.295. The van der Waals surface area contributed by atoms with Crippen molar-refractivity contribution >= 4 is 54.0 Å². The maximum Gasteiger partial charge on any atom is 0.260 e. The van der Waals surface area contributed by atoms with Crippen molar-refractivity contribution in [2.45, 2.75) is 37.5 Å². The van der Waals surface area contributed by atoms with Gasteiger partial charge in [-0.25, -0.2) is 13.4 Å². The fourth-order valence-corrected chi connectivity index (χ4v) is 5.74. The molecule has 4 rings (SSSR count). The molecule has 0 saturated carbocycles. The van der Waals surface area contributed by atoms with Crippen LogP contribution in [0.2, 0.25) is 5.02 Å². The van der Waals surface area contributed by atoms with Gasteiger partial charge in [0.1, 0.15) is 5.76 Å². The van der Waals surface area contributed by atoms with Gasteiger partial charge in [-0.3, -0.25) is 9.69 Å². The predicted octanol–water partition coefficient (Wildman–Crippen LogP) is 5.88. The average Bonchev–Trinajstić information content (AvgIpc) is 3.41. The summed E-state index contributed by atoms with van der Waals surface area (Å²) in [5.41, 5.74) is 2.06. The van der Waals surface area contributed by atoms with Crippen LogP contribution < -0.4 is 4.90 Å². The van der Waals surface area contributed by atoms with Crippen molar-refractivity contribution in [3.63, 3.8) is 0 Å². The Morgan fingerprint density at radius 3 is 2.53 bits per heavy atom. The number of amides is 1. The van der Waals surface area contributed by atoms with E-state index in [1.165, 1.54) is 40.5 Å². The molecule has 0 aliphatic carbocycles. The number of aryl methyl sites for hydroxylation is 1. The molecular formula is C23H21ClN2O4S2. The number of benzene rings is 2. The highest BCUT2D eigenvalue weighted by atomic mass is 35.5. The molecule has 2 heterocycles. The molecule has 0 radical (unpaired) electrons. The topological polar surface area (TPSA) is 80.5 Å². The van der Waals surface area contributed by atoms with E-state index in [0.29, 0.717) is 21.5 Å². The van der Waals surface area contributed by atoms with Gasteiger partial charge in [-0.05, 0) is 74.9 Å². The van der Waals surface area contributed by atoms with Crippen LogP contribution in [-0.4, -0.2) is 24.6 Å². The van der Waals surface area contributed by atoms with Crippen LogP contribution in [0.5, 0.6) is 0 Å². The Bertz CT molecular complexity index is 1380. The smallest absolute Gasteiger partial charge is 0.260 e. The van der Waals surface area contributed by atoms with Crippen molar-refractivity contribution in [1.29, 1.82) is 0 Å². The zero-order valence-electron chi connectivity index (χ0n) is 17.7. The van der Waals surface area contributed by atoms with Crippen LogP contribution in [0.3, 0.4) is 0 Å². The lowest BCUT2D eigenvalue weighted by atomic mass is 10.2. The van der Waals surface area contributed by atoms with Crippen LogP contribution in [0.4, 0.5) is 5.13 Å². The summed E-state index contributed by atoms with van der Waals surface area (Å²) in [6, 6.07) is 13.2. The van der Waals surface area contributed by atoms with Gasteiger partial charge in [0, 0.05) is 10.6 Å². The molecule has 0 N–H and O–H groups in total. The summed E-state index contributed by atoms with van der Waals surface area (Å²) >= 11 is 7.56. The molecule has 0 spiro atoms. The first-order chi connectivity index (χ1) is 15.2. The highest BCUT2D eigenvalue weighted by Crippen LogP contribution is 2.34. The molecule has 0 atom stereocenters. The second kappa shape index (κ2) is 8.69. The van der Waals surface area contributed by atoms with E-state index in [2.05, 4.69) is 4.98 Å². The minimum absolute atomic E-state index is 0.185. The maximum atomic E-state index is 13.5. The van der Waals surface area contributed by atoms with Gasteiger partial charge in [0.2, 0.25) is 0 Å². The summed E-state index contributed by atoms with van der Waals surface area (Å²) in [4.78, 5) is 19.9. The molecule has 0 saturated heterocycles. The standard InChI is InChI=1S/C23H21ClN2O4S2/c1-14(2)32(28,29)19-8-6-16(7-9-19)22(27)26(13-18-5-4-10-30-18)23-25-21-15(3)11-17(24)12-20(21)31-23/h4-12,14H,13H2,1-3H3. The van der Waals surface area contributed by atoms with Crippen molar-refractivity contribution in [1.82, 2.24) is 4.98 Å². The Kier molecular flexibility index (Phi) is 6.11. The Morgan fingerprint density at radius 1 is 1.19 bits per heavy atom. The molecule has 0 unspecified atom stereocenters. The molecule has 0 bridgehead atoms. The first-order valence-electron chi connectivity index (χ1n) is 9.91. The van der Waals surface area contributed by atoms with Crippen LogP contribution in [-0.2, 0) is 16.4 Å². The van der Waals surface area contributed by atoms with E-state index in [4.69, 9.17) is 16.0 Å². The maximum absolute atomic E-state index is 13.5. The van der Waals surface area contributed by atoms with E-state index in [9.17, 15) is 13.2 Å². The molecule has 0 aliphatic rings. The molecule has 9 heteroatoms. The number of aromatic nitrogens is 1. The zero-order chi connectivity index (χ0) is 23.0.